The zero-order valence-corrected chi connectivity index (χ0v) is 39.3. The molecule has 6 heterocycles. The molecule has 6 fully saturated rings. The van der Waals surface area contributed by atoms with Crippen molar-refractivity contribution in [2.45, 2.75) is 184 Å². The third-order valence-corrected chi connectivity index (χ3v) is 13.6. The van der Waals surface area contributed by atoms with Gasteiger partial charge in [-0.3, -0.25) is 0 Å². The molecule has 1 aromatic carbocycles. The second-order valence-corrected chi connectivity index (χ2v) is 18.6. The lowest BCUT2D eigenvalue weighted by Gasteiger charge is -2.49. The van der Waals surface area contributed by atoms with Crippen LogP contribution in [0.5, 0.6) is 0 Å². The summed E-state index contributed by atoms with van der Waals surface area (Å²) < 4.78 is 66.6. The molecule has 0 amide bonds. The lowest BCUT2D eigenvalue weighted by Crippen LogP contribution is -2.68. The lowest BCUT2D eigenvalue weighted by molar-refractivity contribution is -0.393. The molecule has 0 bridgehead atoms. The molecular weight excluding hydrogens is 1030 g/mol. The summed E-state index contributed by atoms with van der Waals surface area (Å²) in [5, 5.41) is 203. The minimum absolute atomic E-state index is 0.126. The van der Waals surface area contributed by atoms with Gasteiger partial charge in [-0.25, -0.2) is 4.79 Å². The van der Waals surface area contributed by atoms with E-state index in [1.807, 2.05) is 0 Å². The molecule has 75 heavy (non-hydrogen) atoms. The van der Waals surface area contributed by atoms with Gasteiger partial charge >= 0.3 is 5.97 Å². The van der Waals surface area contributed by atoms with Crippen molar-refractivity contribution in [3.05, 3.63) is 35.9 Å². The average Bonchev–Trinajstić information content (AvgIpc) is 3.40. The van der Waals surface area contributed by atoms with Crippen LogP contribution in [-0.4, -0.2) is 327 Å². The van der Waals surface area contributed by atoms with Gasteiger partial charge in [-0.15, -0.1) is 0 Å². The van der Waals surface area contributed by atoms with Crippen LogP contribution in [0.15, 0.2) is 30.3 Å². The molecule has 0 radical (unpaired) electrons. The van der Waals surface area contributed by atoms with Gasteiger partial charge in [0.05, 0.1) is 38.6 Å². The number of ether oxygens (including phenoxy) is 12. The normalized spacial score (nSPS) is 48.8. The van der Waals surface area contributed by atoms with E-state index in [2.05, 4.69) is 0 Å². The molecule has 430 valence electrons. The number of aliphatic hydroxyl groups is 19. The van der Waals surface area contributed by atoms with Crippen molar-refractivity contribution in [1.29, 1.82) is 0 Å². The van der Waals surface area contributed by atoms with E-state index >= 15 is 0 Å². The van der Waals surface area contributed by atoms with Crippen molar-refractivity contribution < 1.29 is 159 Å². The first-order chi connectivity index (χ1) is 35.6. The Labute approximate surface area is 424 Å². The Morgan fingerprint density at radius 3 is 1.16 bits per heavy atom. The number of benzene rings is 1. The molecule has 0 spiro atoms. The minimum Gasteiger partial charge on any atom is -0.459 e. The number of carbonyl (C=O) groups excluding carboxylic acids is 1. The number of hydrogen-bond acceptors (Lipinski definition) is 32. The predicted octanol–water partition coefficient (Wildman–Crippen LogP) is -12.2. The Bertz CT molecular complexity index is 1910. The molecule has 0 aromatic heterocycles. The highest BCUT2D eigenvalue weighted by Crippen LogP contribution is 2.36. The number of hydrogen-bond donors (Lipinski definition) is 19. The van der Waals surface area contributed by atoms with Gasteiger partial charge in [-0.05, 0) is 12.1 Å². The van der Waals surface area contributed by atoms with Crippen LogP contribution in [0.3, 0.4) is 0 Å². The summed E-state index contributed by atoms with van der Waals surface area (Å²) in [5.74, 6) is -0.842. The first kappa shape index (κ1) is 60.1. The van der Waals surface area contributed by atoms with Crippen LogP contribution in [0.2, 0.25) is 0 Å². The molecule has 1 aromatic rings. The largest absolute Gasteiger partial charge is 0.459 e. The Morgan fingerprint density at radius 1 is 0.360 bits per heavy atom. The van der Waals surface area contributed by atoms with Crippen molar-refractivity contribution in [1.82, 2.24) is 0 Å². The summed E-state index contributed by atoms with van der Waals surface area (Å²) in [4.78, 5) is 12.6. The first-order valence-corrected chi connectivity index (χ1v) is 23.7. The smallest absolute Gasteiger partial charge is 0.338 e. The number of carbonyl (C=O) groups is 1. The number of esters is 1. The van der Waals surface area contributed by atoms with Crippen molar-refractivity contribution in [2.75, 3.05) is 39.6 Å². The van der Waals surface area contributed by atoms with Gasteiger partial charge < -0.3 is 154 Å². The van der Waals surface area contributed by atoms with Crippen LogP contribution in [-0.2, 0) is 56.8 Å². The fourth-order valence-corrected chi connectivity index (χ4v) is 9.09. The fourth-order valence-electron chi connectivity index (χ4n) is 9.09. The summed E-state index contributed by atoms with van der Waals surface area (Å²) in [6, 6.07) is 7.63. The van der Waals surface area contributed by atoms with Crippen molar-refractivity contribution in [2.24, 2.45) is 0 Å². The average molecular weight is 1090 g/mol. The van der Waals surface area contributed by atoms with E-state index in [0.717, 1.165) is 0 Å². The fraction of sp³-hybridized carbons (Fsp3) is 0.837. The zero-order valence-electron chi connectivity index (χ0n) is 39.3. The van der Waals surface area contributed by atoms with Crippen molar-refractivity contribution in [3.63, 3.8) is 0 Å². The first-order valence-electron chi connectivity index (χ1n) is 23.7. The van der Waals surface area contributed by atoms with Crippen LogP contribution >= 0.6 is 0 Å². The quantitative estimate of drug-likeness (QED) is 0.0607. The van der Waals surface area contributed by atoms with Crippen LogP contribution < -0.4 is 0 Å². The van der Waals surface area contributed by atoms with Crippen LogP contribution in [0.4, 0.5) is 0 Å². The monoisotopic (exact) mass is 1090 g/mol. The molecule has 28 unspecified atom stereocenters. The van der Waals surface area contributed by atoms with Gasteiger partial charge in [-0.2, -0.15) is 0 Å². The number of aliphatic hydroxyl groups excluding tert-OH is 19. The van der Waals surface area contributed by atoms with E-state index in [9.17, 15) is 102 Å². The maximum absolute atomic E-state index is 12.6. The molecule has 32 heteroatoms. The molecule has 6 aliphatic rings. The predicted molar refractivity (Wildman–Crippen MR) is 229 cm³/mol. The number of rotatable bonds is 18. The molecule has 6 saturated heterocycles. The van der Waals surface area contributed by atoms with E-state index in [0.29, 0.717) is 0 Å². The van der Waals surface area contributed by atoms with E-state index in [-0.39, 0.29) is 5.56 Å². The minimum atomic E-state index is -2.30. The Morgan fingerprint density at radius 2 is 0.693 bits per heavy atom. The Kier molecular flexibility index (Phi) is 21.0. The maximum atomic E-state index is 12.6. The summed E-state index contributed by atoms with van der Waals surface area (Å²) in [6.45, 7) is -5.23. The topological polar surface area (TPSA) is 512 Å². The Hall–Kier alpha value is -2.51. The van der Waals surface area contributed by atoms with Crippen molar-refractivity contribution >= 4 is 5.97 Å². The standard InChI is InChI=1S/C43H66O32/c44-6-13-19(47)25(53)28(56)39(68-13)65-10-17-23(51)34(31(59)38(63)67-17)73-42-32(60)35(22(50)15(8-46)70-42)75-43-33(61)36(74-41-30(58)26(54)20(48)14(7-45)69-41)24(52)18(72-43)11-66-40-29(57)27(55)21(49)16(71-40)9-64-37(62)12-4-2-1-3-5-12/h1-5,13-36,38-61,63H,6-11H2/t13?,14?,15?,16?,17?,18?,19?,20?,21?,22?,23?,24-,25?,26?,27?,28?,29?,30?,31?,32?,33?,34?,35?,36?,38+,39?,40?,41?,42?,43?/m1/s1. The summed E-state index contributed by atoms with van der Waals surface area (Å²) in [7, 11) is 0. The van der Waals surface area contributed by atoms with E-state index in [1.165, 1.54) is 12.1 Å². The van der Waals surface area contributed by atoms with Crippen LogP contribution in [0.1, 0.15) is 10.4 Å². The molecule has 7 rings (SSSR count). The highest BCUT2D eigenvalue weighted by Gasteiger charge is 2.57. The molecule has 6 aliphatic heterocycles. The van der Waals surface area contributed by atoms with E-state index in [1.54, 1.807) is 18.2 Å². The molecule has 32 nitrogen and oxygen atoms in total. The van der Waals surface area contributed by atoms with E-state index in [4.69, 9.17) is 56.8 Å². The summed E-state index contributed by atoms with van der Waals surface area (Å²) in [5.41, 5.74) is 0.126. The maximum Gasteiger partial charge on any atom is 0.338 e. The Balaban J connectivity index is 1.08. The lowest BCUT2D eigenvalue weighted by atomic mass is 9.95. The van der Waals surface area contributed by atoms with Gasteiger partial charge in [0.25, 0.3) is 0 Å². The SMILES string of the molecule is O=C(OCC1OC(OCC2OC(OC3C(O)C(CO)OC(OC4C(O)C(COC5OC(CO)C(O)C(O)C5O)O[C@H](O)C4O)C3O)C(O)C(OC3OC(CO)C(O)C(O)C3O)[C@@H]2O)C(O)C(O)C1O)c1ccccc1. The van der Waals surface area contributed by atoms with Gasteiger partial charge in [-0.1, -0.05) is 18.2 Å². The van der Waals surface area contributed by atoms with Gasteiger partial charge in [0.15, 0.2) is 37.7 Å². The molecule has 19 N–H and O–H groups in total. The third-order valence-electron chi connectivity index (χ3n) is 13.6. The molecule has 0 aliphatic carbocycles. The summed E-state index contributed by atoms with van der Waals surface area (Å²) >= 11 is 0. The molecule has 30 atom stereocenters. The molecular formula is C43H66O32. The van der Waals surface area contributed by atoms with Gasteiger partial charge in [0.1, 0.15) is 153 Å². The second-order valence-electron chi connectivity index (χ2n) is 18.6. The van der Waals surface area contributed by atoms with Crippen LogP contribution in [0, 0.1) is 0 Å². The van der Waals surface area contributed by atoms with Gasteiger partial charge in [0, 0.05) is 0 Å². The highest BCUT2D eigenvalue weighted by atomic mass is 16.8. The summed E-state index contributed by atoms with van der Waals surface area (Å²) in [6.07, 6.45) is -58.7. The third kappa shape index (κ3) is 13.1. The van der Waals surface area contributed by atoms with E-state index < -0.39 is 230 Å². The van der Waals surface area contributed by atoms with Gasteiger partial charge in [0.2, 0.25) is 0 Å². The molecule has 0 saturated carbocycles. The highest BCUT2D eigenvalue weighted by molar-refractivity contribution is 5.89. The van der Waals surface area contributed by atoms with Crippen LogP contribution in [0.25, 0.3) is 0 Å². The second kappa shape index (κ2) is 26.2. The van der Waals surface area contributed by atoms with Crippen molar-refractivity contribution in [3.8, 4) is 0 Å². The zero-order chi connectivity index (χ0) is 54.7.